The van der Waals surface area contributed by atoms with E-state index < -0.39 is 0 Å². The van der Waals surface area contributed by atoms with E-state index in [1.807, 2.05) is 48.6 Å². The predicted molar refractivity (Wildman–Crippen MR) is 83.2 cm³/mol. The van der Waals surface area contributed by atoms with Crippen LogP contribution < -0.4 is 9.47 Å². The zero-order valence-electron chi connectivity index (χ0n) is 10.9. The number of para-hydroxylation sites is 2. The second-order valence-corrected chi connectivity index (χ2v) is 5.43. The summed E-state index contributed by atoms with van der Waals surface area (Å²) in [5, 5.41) is 0. The smallest absolute Gasteiger partial charge is 0.231 e. The van der Waals surface area contributed by atoms with Gasteiger partial charge in [-0.2, -0.15) is 0 Å². The minimum atomic E-state index is 0.264. The van der Waals surface area contributed by atoms with Gasteiger partial charge in [0.2, 0.25) is 12.7 Å². The van der Waals surface area contributed by atoms with Crippen LogP contribution in [0.5, 0.6) is 11.5 Å². The molecule has 0 unspecified atom stereocenters. The van der Waals surface area contributed by atoms with E-state index in [9.17, 15) is 0 Å². The van der Waals surface area contributed by atoms with Crippen LogP contribution in [0.25, 0.3) is 23.3 Å². The van der Waals surface area contributed by atoms with E-state index in [4.69, 9.17) is 13.9 Å². The summed E-state index contributed by atoms with van der Waals surface area (Å²) in [6.45, 7) is 0.264. The third kappa shape index (κ3) is 2.29. The summed E-state index contributed by atoms with van der Waals surface area (Å²) >= 11 is 3.52. The fourth-order valence-corrected chi connectivity index (χ4v) is 2.64. The number of rotatable bonds is 2. The van der Waals surface area contributed by atoms with Gasteiger partial charge < -0.3 is 13.9 Å². The number of hydrogen-bond acceptors (Lipinski definition) is 4. The zero-order valence-corrected chi connectivity index (χ0v) is 12.5. The van der Waals surface area contributed by atoms with Crippen LogP contribution in [-0.4, -0.2) is 11.8 Å². The molecule has 0 bridgehead atoms. The second-order valence-electron chi connectivity index (χ2n) is 4.58. The molecular formula is C16H10BrNO3. The molecule has 0 amide bonds. The molecule has 0 aliphatic carbocycles. The summed E-state index contributed by atoms with van der Waals surface area (Å²) in [5.41, 5.74) is 2.60. The second kappa shape index (κ2) is 4.93. The van der Waals surface area contributed by atoms with Gasteiger partial charge in [-0.3, -0.25) is 0 Å². The van der Waals surface area contributed by atoms with Gasteiger partial charge in [0.25, 0.3) is 0 Å². The van der Waals surface area contributed by atoms with Crippen molar-refractivity contribution in [2.45, 2.75) is 0 Å². The van der Waals surface area contributed by atoms with E-state index in [0.717, 1.165) is 32.6 Å². The third-order valence-electron chi connectivity index (χ3n) is 3.21. The molecule has 21 heavy (non-hydrogen) atoms. The molecule has 3 aromatic rings. The summed E-state index contributed by atoms with van der Waals surface area (Å²) in [4.78, 5) is 4.41. The summed E-state index contributed by atoms with van der Waals surface area (Å²) in [6, 6.07) is 11.5. The lowest BCUT2D eigenvalue weighted by Gasteiger charge is -2.01. The number of ether oxygens (including phenoxy) is 2. The Morgan fingerprint density at radius 1 is 1.05 bits per heavy atom. The lowest BCUT2D eigenvalue weighted by molar-refractivity contribution is 0.174. The number of nitrogens with zero attached hydrogens (tertiary/aromatic N) is 1. The standard InChI is InChI=1S/C16H10BrNO3/c17-11-8-15-14(19-9-20-15)7-10(11)5-6-16-18-12-3-1-2-4-13(12)21-16/h1-8H,9H2/b6-5+. The number of halogens is 1. The molecule has 0 saturated heterocycles. The van der Waals surface area contributed by atoms with E-state index in [-0.39, 0.29) is 6.79 Å². The van der Waals surface area contributed by atoms with Gasteiger partial charge in [-0.15, -0.1) is 0 Å². The van der Waals surface area contributed by atoms with E-state index in [2.05, 4.69) is 20.9 Å². The van der Waals surface area contributed by atoms with E-state index >= 15 is 0 Å². The van der Waals surface area contributed by atoms with Gasteiger partial charge in [0.05, 0.1) is 0 Å². The first-order valence-electron chi connectivity index (χ1n) is 6.42. The van der Waals surface area contributed by atoms with Crippen molar-refractivity contribution in [2.24, 2.45) is 0 Å². The molecule has 1 aliphatic heterocycles. The molecule has 4 rings (SSSR count). The highest BCUT2D eigenvalue weighted by molar-refractivity contribution is 9.10. The minimum Gasteiger partial charge on any atom is -0.454 e. The Hall–Kier alpha value is -2.27. The van der Waals surface area contributed by atoms with E-state index in [0.29, 0.717) is 5.89 Å². The van der Waals surface area contributed by atoms with Crippen LogP contribution >= 0.6 is 15.9 Å². The van der Waals surface area contributed by atoms with E-state index in [1.54, 1.807) is 0 Å². The Morgan fingerprint density at radius 2 is 1.86 bits per heavy atom. The molecule has 0 N–H and O–H groups in total. The lowest BCUT2D eigenvalue weighted by Crippen LogP contribution is -1.92. The Labute approximate surface area is 129 Å². The SMILES string of the molecule is Brc1cc2c(cc1/C=C/c1nc3ccccc3o1)OCO2. The molecule has 4 nitrogen and oxygen atoms in total. The molecule has 0 fully saturated rings. The number of oxazole rings is 1. The Kier molecular flexibility index (Phi) is 2.93. The van der Waals surface area contributed by atoms with Crippen LogP contribution in [0.4, 0.5) is 0 Å². The topological polar surface area (TPSA) is 44.5 Å². The van der Waals surface area contributed by atoms with E-state index in [1.165, 1.54) is 0 Å². The lowest BCUT2D eigenvalue weighted by atomic mass is 10.2. The summed E-state index contributed by atoms with van der Waals surface area (Å²) in [6.07, 6.45) is 3.76. The quantitative estimate of drug-likeness (QED) is 0.687. The average molecular weight is 344 g/mol. The molecule has 2 heterocycles. The van der Waals surface area contributed by atoms with Crippen molar-refractivity contribution in [1.82, 2.24) is 4.98 Å². The minimum absolute atomic E-state index is 0.264. The fourth-order valence-electron chi connectivity index (χ4n) is 2.18. The number of fused-ring (bicyclic) bond motifs is 2. The van der Waals surface area contributed by atoms with Gasteiger partial charge in [-0.1, -0.05) is 28.1 Å². The molecule has 0 saturated carbocycles. The predicted octanol–water partition coefficient (Wildman–Crippen LogP) is 4.49. The van der Waals surface area contributed by atoms with Gasteiger partial charge >= 0.3 is 0 Å². The van der Waals surface area contributed by atoms with Gasteiger partial charge in [0.15, 0.2) is 17.1 Å². The van der Waals surface area contributed by atoms with Crippen molar-refractivity contribution < 1.29 is 13.9 Å². The van der Waals surface area contributed by atoms with Gasteiger partial charge in [0, 0.05) is 10.5 Å². The summed E-state index contributed by atoms with van der Waals surface area (Å²) in [7, 11) is 0. The van der Waals surface area contributed by atoms with Crippen molar-refractivity contribution in [3.63, 3.8) is 0 Å². The summed E-state index contributed by atoms with van der Waals surface area (Å²) in [5.74, 6) is 2.07. The van der Waals surface area contributed by atoms with Crippen molar-refractivity contribution in [2.75, 3.05) is 6.79 Å². The molecule has 5 heteroatoms. The monoisotopic (exact) mass is 343 g/mol. The van der Waals surface area contributed by atoms with Crippen LogP contribution in [-0.2, 0) is 0 Å². The molecule has 0 radical (unpaired) electrons. The first-order valence-corrected chi connectivity index (χ1v) is 7.22. The van der Waals surface area contributed by atoms with Gasteiger partial charge in [0.1, 0.15) is 5.52 Å². The van der Waals surface area contributed by atoms with Crippen molar-refractivity contribution >= 4 is 39.2 Å². The molecule has 0 atom stereocenters. The molecule has 2 aromatic carbocycles. The molecule has 1 aliphatic rings. The maximum atomic E-state index is 5.65. The highest BCUT2D eigenvalue weighted by Gasteiger charge is 2.15. The average Bonchev–Trinajstić information content (AvgIpc) is 3.09. The van der Waals surface area contributed by atoms with Crippen LogP contribution in [0.1, 0.15) is 11.5 Å². The number of hydrogen-bond donors (Lipinski definition) is 0. The number of aromatic nitrogens is 1. The highest BCUT2D eigenvalue weighted by atomic mass is 79.9. The highest BCUT2D eigenvalue weighted by Crippen LogP contribution is 2.37. The first-order chi connectivity index (χ1) is 10.3. The fraction of sp³-hybridized carbons (Fsp3) is 0.0625. The molecular weight excluding hydrogens is 334 g/mol. The summed E-state index contributed by atoms with van der Waals surface area (Å²) < 4.78 is 17.3. The zero-order chi connectivity index (χ0) is 14.2. The number of benzene rings is 2. The van der Waals surface area contributed by atoms with Crippen LogP contribution in [0.3, 0.4) is 0 Å². The molecule has 104 valence electrons. The van der Waals surface area contributed by atoms with Crippen molar-refractivity contribution in [3.05, 3.63) is 52.3 Å². The Balaban J connectivity index is 1.68. The maximum absolute atomic E-state index is 5.65. The largest absolute Gasteiger partial charge is 0.454 e. The van der Waals surface area contributed by atoms with Crippen LogP contribution in [0.2, 0.25) is 0 Å². The molecule has 1 aromatic heterocycles. The Bertz CT molecular complexity index is 821. The first kappa shape index (κ1) is 12.5. The van der Waals surface area contributed by atoms with Crippen LogP contribution in [0, 0.1) is 0 Å². The maximum Gasteiger partial charge on any atom is 0.231 e. The normalized spacial score (nSPS) is 13.4. The molecule has 0 spiro atoms. The van der Waals surface area contributed by atoms with Crippen LogP contribution in [0.15, 0.2) is 45.3 Å². The van der Waals surface area contributed by atoms with Gasteiger partial charge in [-0.05, 0) is 35.9 Å². The van der Waals surface area contributed by atoms with Crippen molar-refractivity contribution in [1.29, 1.82) is 0 Å². The Morgan fingerprint density at radius 3 is 2.71 bits per heavy atom. The van der Waals surface area contributed by atoms with Crippen molar-refractivity contribution in [3.8, 4) is 11.5 Å². The van der Waals surface area contributed by atoms with Gasteiger partial charge in [-0.25, -0.2) is 4.98 Å². The third-order valence-corrected chi connectivity index (χ3v) is 3.89.